The molecule has 1 aromatic heterocycles. The number of aromatic amines is 1. The molecule has 0 bridgehead atoms. The summed E-state index contributed by atoms with van der Waals surface area (Å²) >= 11 is 0. The summed E-state index contributed by atoms with van der Waals surface area (Å²) in [5.74, 6) is 0.979. The van der Waals surface area contributed by atoms with Gasteiger partial charge in [0, 0.05) is 28.7 Å². The molecular formula is C20H22N2O2. The second-order valence-corrected chi connectivity index (χ2v) is 6.11. The number of hydrogen-bond donors (Lipinski definition) is 1. The Labute approximate surface area is 142 Å². The number of rotatable bonds is 6. The van der Waals surface area contributed by atoms with E-state index in [2.05, 4.69) is 4.98 Å². The molecule has 0 aliphatic carbocycles. The number of nitrogens with zero attached hydrogens (tertiary/aromatic N) is 1. The summed E-state index contributed by atoms with van der Waals surface area (Å²) in [7, 11) is 3.62. The monoisotopic (exact) mass is 322 g/mol. The van der Waals surface area contributed by atoms with Gasteiger partial charge in [0.2, 0.25) is 0 Å². The second-order valence-electron chi connectivity index (χ2n) is 6.11. The number of carbonyl (C=O) groups excluding carboxylic acids is 1. The predicted octanol–water partition coefficient (Wildman–Crippen LogP) is 3.80. The minimum atomic E-state index is 0.140. The molecule has 0 spiro atoms. The van der Waals surface area contributed by atoms with E-state index in [1.807, 2.05) is 67.4 Å². The highest BCUT2D eigenvalue weighted by Gasteiger charge is 2.17. The van der Waals surface area contributed by atoms with Crippen LogP contribution >= 0.6 is 0 Å². The maximum absolute atomic E-state index is 12.8. The zero-order chi connectivity index (χ0) is 17.1. The number of H-pyrrole nitrogens is 1. The van der Waals surface area contributed by atoms with Gasteiger partial charge < -0.3 is 9.72 Å². The standard InChI is InChI=1S/C20H22N2O2/c1-14-20(17-6-4-5-7-18(17)21-14)19(23)13-22(2)12-15-8-10-16(24-3)11-9-15/h4-11,21H,12-13H2,1-3H3. The molecule has 4 heteroatoms. The van der Waals surface area contributed by atoms with Gasteiger partial charge in [0.05, 0.1) is 13.7 Å². The fraction of sp³-hybridized carbons (Fsp3) is 0.250. The number of aromatic nitrogens is 1. The number of methoxy groups -OCH3 is 1. The maximum Gasteiger partial charge on any atom is 0.179 e. The fourth-order valence-corrected chi connectivity index (χ4v) is 3.06. The van der Waals surface area contributed by atoms with E-state index >= 15 is 0 Å². The predicted molar refractivity (Wildman–Crippen MR) is 96.7 cm³/mol. The normalized spacial score (nSPS) is 11.2. The summed E-state index contributed by atoms with van der Waals surface area (Å²) in [6.45, 7) is 3.06. The molecule has 24 heavy (non-hydrogen) atoms. The van der Waals surface area contributed by atoms with Crippen molar-refractivity contribution in [1.82, 2.24) is 9.88 Å². The van der Waals surface area contributed by atoms with Crippen LogP contribution in [0, 0.1) is 6.92 Å². The smallest absolute Gasteiger partial charge is 0.179 e. The Morgan fingerprint density at radius 2 is 1.83 bits per heavy atom. The van der Waals surface area contributed by atoms with Crippen LogP contribution in [-0.2, 0) is 6.54 Å². The van der Waals surface area contributed by atoms with E-state index < -0.39 is 0 Å². The number of benzene rings is 2. The minimum Gasteiger partial charge on any atom is -0.497 e. The van der Waals surface area contributed by atoms with Gasteiger partial charge in [-0.2, -0.15) is 0 Å². The number of aryl methyl sites for hydroxylation is 1. The second kappa shape index (κ2) is 6.89. The van der Waals surface area contributed by atoms with Crippen molar-refractivity contribution >= 4 is 16.7 Å². The summed E-state index contributed by atoms with van der Waals surface area (Å²) in [6.07, 6.45) is 0. The first-order chi connectivity index (χ1) is 11.6. The van der Waals surface area contributed by atoms with Crippen molar-refractivity contribution in [3.8, 4) is 5.75 Å². The van der Waals surface area contributed by atoms with Gasteiger partial charge in [0.15, 0.2) is 5.78 Å². The lowest BCUT2D eigenvalue weighted by Gasteiger charge is -2.16. The molecule has 0 saturated carbocycles. The minimum absolute atomic E-state index is 0.140. The highest BCUT2D eigenvalue weighted by Crippen LogP contribution is 2.22. The van der Waals surface area contributed by atoms with Gasteiger partial charge in [0.25, 0.3) is 0 Å². The summed E-state index contributed by atoms with van der Waals surface area (Å²) < 4.78 is 5.17. The lowest BCUT2D eigenvalue weighted by atomic mass is 10.1. The highest BCUT2D eigenvalue weighted by atomic mass is 16.5. The van der Waals surface area contributed by atoms with Gasteiger partial charge in [-0.1, -0.05) is 30.3 Å². The van der Waals surface area contributed by atoms with Crippen molar-refractivity contribution < 1.29 is 9.53 Å². The summed E-state index contributed by atoms with van der Waals surface area (Å²) in [6, 6.07) is 15.9. The van der Waals surface area contributed by atoms with Gasteiger partial charge in [-0.15, -0.1) is 0 Å². The molecular weight excluding hydrogens is 300 g/mol. The third-order valence-electron chi connectivity index (χ3n) is 4.20. The van der Waals surface area contributed by atoms with E-state index in [1.165, 1.54) is 0 Å². The van der Waals surface area contributed by atoms with Crippen molar-refractivity contribution in [2.45, 2.75) is 13.5 Å². The van der Waals surface area contributed by atoms with Gasteiger partial charge in [-0.05, 0) is 37.7 Å². The van der Waals surface area contributed by atoms with Crippen LogP contribution in [0.3, 0.4) is 0 Å². The molecule has 1 N–H and O–H groups in total. The van der Waals surface area contributed by atoms with Crippen LogP contribution in [0.2, 0.25) is 0 Å². The van der Waals surface area contributed by atoms with Crippen molar-refractivity contribution in [1.29, 1.82) is 0 Å². The Hall–Kier alpha value is -2.59. The average Bonchev–Trinajstić information content (AvgIpc) is 2.91. The Kier molecular flexibility index (Phi) is 4.67. The third kappa shape index (κ3) is 3.34. The lowest BCUT2D eigenvalue weighted by Crippen LogP contribution is -2.25. The van der Waals surface area contributed by atoms with Crippen molar-refractivity contribution in [3.05, 3.63) is 65.4 Å². The summed E-state index contributed by atoms with van der Waals surface area (Å²) in [5.41, 5.74) is 3.89. The molecule has 0 unspecified atom stereocenters. The molecule has 124 valence electrons. The first-order valence-electron chi connectivity index (χ1n) is 8.00. The Balaban J connectivity index is 1.72. The first-order valence-corrected chi connectivity index (χ1v) is 8.00. The molecule has 0 radical (unpaired) electrons. The van der Waals surface area contributed by atoms with E-state index in [9.17, 15) is 4.79 Å². The van der Waals surface area contributed by atoms with Crippen molar-refractivity contribution in [2.24, 2.45) is 0 Å². The van der Waals surface area contributed by atoms with E-state index in [0.29, 0.717) is 6.54 Å². The zero-order valence-corrected chi connectivity index (χ0v) is 14.3. The number of carbonyl (C=O) groups is 1. The number of likely N-dealkylation sites (N-methyl/N-ethyl adjacent to an activating group) is 1. The van der Waals surface area contributed by atoms with Gasteiger partial charge in [-0.25, -0.2) is 0 Å². The van der Waals surface area contributed by atoms with Crippen LogP contribution < -0.4 is 4.74 Å². The largest absolute Gasteiger partial charge is 0.497 e. The summed E-state index contributed by atoms with van der Waals surface area (Å²) in [4.78, 5) is 18.1. The van der Waals surface area contributed by atoms with Crippen molar-refractivity contribution in [3.63, 3.8) is 0 Å². The molecule has 0 fully saturated rings. The number of nitrogens with one attached hydrogen (secondary N) is 1. The molecule has 1 heterocycles. The van der Waals surface area contributed by atoms with Crippen LogP contribution in [0.4, 0.5) is 0 Å². The van der Waals surface area contributed by atoms with E-state index in [-0.39, 0.29) is 5.78 Å². The number of ketones is 1. The van der Waals surface area contributed by atoms with Crippen LogP contribution in [0.25, 0.3) is 10.9 Å². The highest BCUT2D eigenvalue weighted by molar-refractivity contribution is 6.10. The molecule has 0 aliphatic rings. The molecule has 3 aromatic rings. The van der Waals surface area contributed by atoms with E-state index in [4.69, 9.17) is 4.74 Å². The SMILES string of the molecule is COc1ccc(CN(C)CC(=O)c2c(C)[nH]c3ccccc23)cc1. The molecule has 0 amide bonds. The molecule has 2 aromatic carbocycles. The number of para-hydroxylation sites is 1. The van der Waals surface area contributed by atoms with Crippen LogP contribution in [0.5, 0.6) is 5.75 Å². The lowest BCUT2D eigenvalue weighted by molar-refractivity contribution is 0.0944. The molecule has 0 saturated heterocycles. The topological polar surface area (TPSA) is 45.3 Å². The number of fused-ring (bicyclic) bond motifs is 1. The molecule has 0 atom stereocenters. The number of ether oxygens (including phenoxy) is 1. The fourth-order valence-electron chi connectivity index (χ4n) is 3.06. The Morgan fingerprint density at radius 3 is 2.54 bits per heavy atom. The van der Waals surface area contributed by atoms with Gasteiger partial charge in [0.1, 0.15) is 5.75 Å². The average molecular weight is 322 g/mol. The van der Waals surface area contributed by atoms with Crippen LogP contribution in [0.1, 0.15) is 21.6 Å². The number of Topliss-reactive ketones (excluding diaryl/α,β-unsaturated/α-hetero) is 1. The first kappa shape index (κ1) is 16.3. The van der Waals surface area contributed by atoms with Crippen molar-refractivity contribution in [2.75, 3.05) is 20.7 Å². The van der Waals surface area contributed by atoms with Gasteiger partial charge >= 0.3 is 0 Å². The van der Waals surface area contributed by atoms with Crippen LogP contribution in [0.15, 0.2) is 48.5 Å². The quantitative estimate of drug-likeness (QED) is 0.702. The summed E-state index contributed by atoms with van der Waals surface area (Å²) in [5, 5.41) is 0.998. The van der Waals surface area contributed by atoms with E-state index in [0.717, 1.165) is 40.0 Å². The molecule has 4 nitrogen and oxygen atoms in total. The third-order valence-corrected chi connectivity index (χ3v) is 4.20. The number of hydrogen-bond acceptors (Lipinski definition) is 3. The Morgan fingerprint density at radius 1 is 1.12 bits per heavy atom. The molecule has 0 aliphatic heterocycles. The van der Waals surface area contributed by atoms with E-state index in [1.54, 1.807) is 7.11 Å². The van der Waals surface area contributed by atoms with Gasteiger partial charge in [-0.3, -0.25) is 9.69 Å². The zero-order valence-electron chi connectivity index (χ0n) is 14.3. The maximum atomic E-state index is 12.8. The molecule has 3 rings (SSSR count). The van der Waals surface area contributed by atoms with Crippen LogP contribution in [-0.4, -0.2) is 36.4 Å². The Bertz CT molecular complexity index is 850.